The number of benzene rings is 1. The average Bonchev–Trinajstić information content (AvgIpc) is 2.62. The van der Waals surface area contributed by atoms with E-state index in [4.69, 9.17) is 0 Å². The van der Waals surface area contributed by atoms with E-state index >= 15 is 0 Å². The van der Waals surface area contributed by atoms with Crippen molar-refractivity contribution >= 4 is 22.6 Å². The van der Waals surface area contributed by atoms with E-state index < -0.39 is 5.91 Å². The maximum absolute atomic E-state index is 12.8. The fraction of sp³-hybridized carbons (Fsp3) is 0.500. The van der Waals surface area contributed by atoms with Crippen molar-refractivity contribution < 1.29 is 9.59 Å². The van der Waals surface area contributed by atoms with Crippen molar-refractivity contribution in [2.45, 2.75) is 34.2 Å². The van der Waals surface area contributed by atoms with Gasteiger partial charge < -0.3 is 10.2 Å². The van der Waals surface area contributed by atoms with Gasteiger partial charge in [-0.1, -0.05) is 45.9 Å². The largest absolute Gasteiger partial charge is 0.354 e. The summed E-state index contributed by atoms with van der Waals surface area (Å²) >= 11 is 0. The predicted octanol–water partition coefficient (Wildman–Crippen LogP) is 1.90. The molecule has 0 fully saturated rings. The summed E-state index contributed by atoms with van der Waals surface area (Å²) in [5, 5.41) is 7.58. The lowest BCUT2D eigenvalue weighted by atomic mass is 10.1. The summed E-state index contributed by atoms with van der Waals surface area (Å²) in [5.74, 6) is 0.0598. The van der Waals surface area contributed by atoms with Gasteiger partial charge in [0.25, 0.3) is 11.5 Å². The number of nitrogens with zero attached hydrogens (tertiary/aromatic N) is 3. The Morgan fingerprint density at radius 1 is 1.07 bits per heavy atom. The molecule has 1 N–H and O–H groups in total. The Bertz CT molecular complexity index is 876. The lowest BCUT2D eigenvalue weighted by molar-refractivity contribution is -0.133. The highest BCUT2D eigenvalue weighted by Gasteiger charge is 2.20. The van der Waals surface area contributed by atoms with Crippen LogP contribution in [0.1, 0.15) is 38.2 Å². The quantitative estimate of drug-likeness (QED) is 0.804. The van der Waals surface area contributed by atoms with E-state index in [1.807, 2.05) is 27.7 Å². The van der Waals surface area contributed by atoms with Crippen LogP contribution in [0.5, 0.6) is 0 Å². The number of carbonyl (C=O) groups is 2. The van der Waals surface area contributed by atoms with E-state index in [-0.39, 0.29) is 23.7 Å². The number of aromatic nitrogens is 2. The van der Waals surface area contributed by atoms with Crippen LogP contribution < -0.4 is 10.9 Å². The molecule has 0 atom stereocenters. The fourth-order valence-electron chi connectivity index (χ4n) is 3.02. The first-order chi connectivity index (χ1) is 12.7. The molecule has 1 heterocycles. The van der Waals surface area contributed by atoms with Crippen molar-refractivity contribution in [2.24, 2.45) is 11.8 Å². The second-order valence-electron chi connectivity index (χ2n) is 7.52. The lowest BCUT2D eigenvalue weighted by Crippen LogP contribution is -2.41. The molecule has 0 bridgehead atoms. The van der Waals surface area contributed by atoms with Crippen LogP contribution in [-0.2, 0) is 11.3 Å². The Kier molecular flexibility index (Phi) is 6.71. The van der Waals surface area contributed by atoms with Gasteiger partial charge in [0, 0.05) is 25.5 Å². The van der Waals surface area contributed by atoms with Crippen molar-refractivity contribution in [1.29, 1.82) is 0 Å². The van der Waals surface area contributed by atoms with Gasteiger partial charge in [-0.3, -0.25) is 14.4 Å². The highest BCUT2D eigenvalue weighted by molar-refractivity contribution is 6.04. The number of fused-ring (bicyclic) bond motifs is 1. The van der Waals surface area contributed by atoms with Gasteiger partial charge in [-0.05, 0) is 17.9 Å². The van der Waals surface area contributed by atoms with Gasteiger partial charge in [0.2, 0.25) is 5.91 Å². The van der Waals surface area contributed by atoms with Crippen LogP contribution in [-0.4, -0.2) is 46.6 Å². The number of hydrogen-bond donors (Lipinski definition) is 1. The van der Waals surface area contributed by atoms with Crippen LogP contribution in [0, 0.1) is 11.8 Å². The van der Waals surface area contributed by atoms with Gasteiger partial charge in [0.15, 0.2) is 5.69 Å². The van der Waals surface area contributed by atoms with Gasteiger partial charge in [0.05, 0.1) is 5.39 Å². The first-order valence-electron chi connectivity index (χ1n) is 9.24. The van der Waals surface area contributed by atoms with Crippen LogP contribution >= 0.6 is 0 Å². The van der Waals surface area contributed by atoms with E-state index in [0.717, 1.165) is 4.68 Å². The summed E-state index contributed by atoms with van der Waals surface area (Å²) in [4.78, 5) is 39.6. The maximum atomic E-state index is 12.8. The Hall–Kier alpha value is -2.70. The molecule has 0 saturated carbocycles. The summed E-state index contributed by atoms with van der Waals surface area (Å²) in [6.07, 6.45) is 0. The average molecular weight is 372 g/mol. The molecular formula is C20H28N4O3. The van der Waals surface area contributed by atoms with Crippen LogP contribution in [0.15, 0.2) is 29.1 Å². The second kappa shape index (κ2) is 8.79. The van der Waals surface area contributed by atoms with Gasteiger partial charge in [-0.25, -0.2) is 4.68 Å². The van der Waals surface area contributed by atoms with Crippen molar-refractivity contribution in [2.75, 3.05) is 20.1 Å². The minimum absolute atomic E-state index is 0.139. The topological polar surface area (TPSA) is 84.3 Å². The summed E-state index contributed by atoms with van der Waals surface area (Å²) in [6.45, 7) is 9.22. The summed E-state index contributed by atoms with van der Waals surface area (Å²) in [7, 11) is 1.51. The summed E-state index contributed by atoms with van der Waals surface area (Å²) in [6, 6.07) is 6.81. The molecule has 2 rings (SSSR count). The third-order valence-corrected chi connectivity index (χ3v) is 4.12. The van der Waals surface area contributed by atoms with Crippen molar-refractivity contribution in [3.05, 3.63) is 40.3 Å². The molecule has 146 valence electrons. The highest BCUT2D eigenvalue weighted by atomic mass is 16.2. The Balaban J connectivity index is 2.45. The number of amides is 2. The predicted molar refractivity (Wildman–Crippen MR) is 106 cm³/mol. The zero-order valence-electron chi connectivity index (χ0n) is 16.7. The first-order valence-corrected chi connectivity index (χ1v) is 9.24. The molecule has 0 spiro atoms. The third-order valence-electron chi connectivity index (χ3n) is 4.12. The first kappa shape index (κ1) is 20.6. The molecular weight excluding hydrogens is 344 g/mol. The summed E-state index contributed by atoms with van der Waals surface area (Å²) < 4.78 is 1.10. The molecule has 1 aromatic heterocycles. The molecule has 2 amide bonds. The van der Waals surface area contributed by atoms with Crippen LogP contribution in [0.3, 0.4) is 0 Å². The Labute approximate surface area is 159 Å². The molecule has 0 aliphatic carbocycles. The van der Waals surface area contributed by atoms with E-state index in [9.17, 15) is 14.4 Å². The van der Waals surface area contributed by atoms with Gasteiger partial charge >= 0.3 is 0 Å². The lowest BCUT2D eigenvalue weighted by Gasteiger charge is -2.26. The molecule has 0 aliphatic heterocycles. The second-order valence-corrected chi connectivity index (χ2v) is 7.52. The van der Waals surface area contributed by atoms with Crippen LogP contribution in [0.25, 0.3) is 10.8 Å². The molecule has 0 saturated heterocycles. The normalized spacial score (nSPS) is 11.2. The molecule has 7 heteroatoms. The zero-order valence-corrected chi connectivity index (χ0v) is 16.7. The van der Waals surface area contributed by atoms with Gasteiger partial charge in [-0.2, -0.15) is 5.10 Å². The van der Waals surface area contributed by atoms with Gasteiger partial charge in [-0.15, -0.1) is 0 Å². The molecule has 0 radical (unpaired) electrons. The molecule has 0 unspecified atom stereocenters. The maximum Gasteiger partial charge on any atom is 0.275 e. The SMILES string of the molecule is CNC(=O)c1nn(CC(=O)N(CC(C)C)CC(C)C)c(=O)c2ccccc12. The molecule has 1 aromatic carbocycles. The molecule has 2 aromatic rings. The van der Waals surface area contributed by atoms with Crippen molar-refractivity contribution in [3.63, 3.8) is 0 Å². The summed E-state index contributed by atoms with van der Waals surface area (Å²) in [5.41, 5.74) is -0.236. The minimum atomic E-state index is -0.395. The molecule has 27 heavy (non-hydrogen) atoms. The monoisotopic (exact) mass is 372 g/mol. The number of nitrogens with one attached hydrogen (secondary N) is 1. The van der Waals surface area contributed by atoms with Crippen LogP contribution in [0.2, 0.25) is 0 Å². The molecule has 0 aliphatic rings. The number of hydrogen-bond acceptors (Lipinski definition) is 4. The van der Waals surface area contributed by atoms with Crippen LogP contribution in [0.4, 0.5) is 0 Å². The van der Waals surface area contributed by atoms with Crippen molar-refractivity contribution in [3.8, 4) is 0 Å². The minimum Gasteiger partial charge on any atom is -0.354 e. The van der Waals surface area contributed by atoms with Gasteiger partial charge in [0.1, 0.15) is 6.54 Å². The zero-order chi connectivity index (χ0) is 20.1. The van der Waals surface area contributed by atoms with E-state index in [1.54, 1.807) is 29.2 Å². The number of carbonyl (C=O) groups excluding carboxylic acids is 2. The molecule has 7 nitrogen and oxygen atoms in total. The Morgan fingerprint density at radius 3 is 2.15 bits per heavy atom. The number of rotatable bonds is 7. The van der Waals surface area contributed by atoms with E-state index in [0.29, 0.717) is 35.7 Å². The smallest absolute Gasteiger partial charge is 0.275 e. The van der Waals surface area contributed by atoms with E-state index in [1.165, 1.54) is 7.05 Å². The fourth-order valence-corrected chi connectivity index (χ4v) is 3.02. The van der Waals surface area contributed by atoms with Crippen molar-refractivity contribution in [1.82, 2.24) is 20.0 Å². The van der Waals surface area contributed by atoms with E-state index in [2.05, 4.69) is 10.4 Å². The third kappa shape index (κ3) is 4.93. The standard InChI is InChI=1S/C20H28N4O3/c1-13(2)10-23(11-14(3)4)17(25)12-24-20(27)16-9-7-6-8-15(16)18(22-24)19(26)21-5/h6-9,13-14H,10-12H2,1-5H3,(H,21,26). The highest BCUT2D eigenvalue weighted by Crippen LogP contribution is 2.13. The Morgan fingerprint density at radius 2 is 1.63 bits per heavy atom.